The Kier molecular flexibility index (Phi) is 2.35. The monoisotopic (exact) mass is 170 g/mol. The molecule has 2 fully saturated rings. The van der Waals surface area contributed by atoms with E-state index < -0.39 is 0 Å². The molecule has 12 heavy (non-hydrogen) atoms. The predicted octanol–water partition coefficient (Wildman–Crippen LogP) is 0.0211. The molecule has 3 heteroatoms. The van der Waals surface area contributed by atoms with Gasteiger partial charge in [0.1, 0.15) is 0 Å². The molecule has 0 unspecified atom stereocenters. The molecule has 1 atom stereocenters. The first-order valence-corrected chi connectivity index (χ1v) is 4.75. The van der Waals surface area contributed by atoms with Crippen LogP contribution in [0.4, 0.5) is 0 Å². The van der Waals surface area contributed by atoms with Gasteiger partial charge in [-0.05, 0) is 20.0 Å². The van der Waals surface area contributed by atoms with E-state index in [0.717, 1.165) is 19.1 Å². The second-order valence-corrected chi connectivity index (χ2v) is 4.02. The van der Waals surface area contributed by atoms with E-state index in [4.69, 9.17) is 4.74 Å². The highest BCUT2D eigenvalue weighted by molar-refractivity contribution is 4.90. The summed E-state index contributed by atoms with van der Waals surface area (Å²) >= 11 is 0. The normalized spacial score (nSPS) is 34.0. The Balaban J connectivity index is 1.74. The quantitative estimate of drug-likeness (QED) is 0.581. The largest absolute Gasteiger partial charge is 0.379 e. The van der Waals surface area contributed by atoms with Crippen molar-refractivity contribution < 1.29 is 4.74 Å². The minimum Gasteiger partial charge on any atom is -0.379 e. The molecule has 0 radical (unpaired) electrons. The first kappa shape index (κ1) is 8.48. The van der Waals surface area contributed by atoms with Gasteiger partial charge >= 0.3 is 0 Å². The minimum absolute atomic E-state index is 0.510. The van der Waals surface area contributed by atoms with Crippen LogP contribution in [-0.4, -0.2) is 62.3 Å². The number of methoxy groups -OCH3 is 1. The number of nitrogens with zero attached hydrogens (tertiary/aromatic N) is 2. The summed E-state index contributed by atoms with van der Waals surface area (Å²) < 4.78 is 5.25. The van der Waals surface area contributed by atoms with Gasteiger partial charge in [-0.3, -0.25) is 4.90 Å². The first-order valence-electron chi connectivity index (χ1n) is 4.75. The van der Waals surface area contributed by atoms with E-state index >= 15 is 0 Å². The highest BCUT2D eigenvalue weighted by atomic mass is 16.5. The van der Waals surface area contributed by atoms with Crippen LogP contribution in [0.1, 0.15) is 6.42 Å². The smallest absolute Gasteiger partial charge is 0.0825 e. The summed E-state index contributed by atoms with van der Waals surface area (Å²) in [5.41, 5.74) is 0. The molecular weight excluding hydrogens is 152 g/mol. The predicted molar refractivity (Wildman–Crippen MR) is 48.3 cm³/mol. The van der Waals surface area contributed by atoms with Gasteiger partial charge in [-0.1, -0.05) is 0 Å². The zero-order valence-electron chi connectivity index (χ0n) is 7.99. The van der Waals surface area contributed by atoms with Gasteiger partial charge < -0.3 is 9.64 Å². The maximum absolute atomic E-state index is 5.25. The summed E-state index contributed by atoms with van der Waals surface area (Å²) in [4.78, 5) is 4.95. The number of rotatable bonds is 2. The molecule has 0 spiro atoms. The summed E-state index contributed by atoms with van der Waals surface area (Å²) in [5, 5.41) is 0. The van der Waals surface area contributed by atoms with E-state index in [1.807, 2.05) is 7.11 Å². The zero-order chi connectivity index (χ0) is 8.55. The van der Waals surface area contributed by atoms with Gasteiger partial charge in [-0.25, -0.2) is 0 Å². The van der Waals surface area contributed by atoms with Crippen LogP contribution in [0.2, 0.25) is 0 Å². The lowest BCUT2D eigenvalue weighted by molar-refractivity contribution is -0.0480. The lowest BCUT2D eigenvalue weighted by Crippen LogP contribution is -2.56. The maximum atomic E-state index is 5.25. The molecule has 0 N–H and O–H groups in total. The molecule has 0 aromatic heterocycles. The van der Waals surface area contributed by atoms with Gasteiger partial charge in [0.15, 0.2) is 0 Å². The lowest BCUT2D eigenvalue weighted by Gasteiger charge is -2.42. The van der Waals surface area contributed by atoms with Gasteiger partial charge in [0, 0.05) is 32.8 Å². The Morgan fingerprint density at radius 3 is 2.50 bits per heavy atom. The molecule has 0 aliphatic carbocycles. The Morgan fingerprint density at radius 2 is 2.00 bits per heavy atom. The Bertz CT molecular complexity index is 157. The lowest BCUT2D eigenvalue weighted by atomic mass is 10.1. The second-order valence-electron chi connectivity index (χ2n) is 4.02. The van der Waals surface area contributed by atoms with Crippen LogP contribution in [0, 0.1) is 0 Å². The third kappa shape index (κ3) is 1.49. The van der Waals surface area contributed by atoms with Crippen molar-refractivity contribution in [3.63, 3.8) is 0 Å². The van der Waals surface area contributed by atoms with E-state index in [1.54, 1.807) is 0 Å². The number of hydrogen-bond acceptors (Lipinski definition) is 3. The third-order valence-corrected chi connectivity index (χ3v) is 3.09. The van der Waals surface area contributed by atoms with E-state index in [9.17, 15) is 0 Å². The zero-order valence-corrected chi connectivity index (χ0v) is 7.99. The van der Waals surface area contributed by atoms with Gasteiger partial charge in [-0.15, -0.1) is 0 Å². The molecule has 2 aliphatic heterocycles. The molecule has 0 aromatic carbocycles. The molecule has 0 amide bonds. The molecule has 2 heterocycles. The maximum Gasteiger partial charge on any atom is 0.0825 e. The van der Waals surface area contributed by atoms with Crippen molar-refractivity contribution in [2.75, 3.05) is 40.3 Å². The second kappa shape index (κ2) is 3.32. The number of likely N-dealkylation sites (N-methyl/N-ethyl adjacent to an activating group) is 1. The molecule has 70 valence electrons. The highest BCUT2D eigenvalue weighted by Crippen LogP contribution is 2.21. The fraction of sp³-hybridized carbons (Fsp3) is 1.00. The molecule has 3 nitrogen and oxygen atoms in total. The summed E-state index contributed by atoms with van der Waals surface area (Å²) in [6.07, 6.45) is 1.85. The summed E-state index contributed by atoms with van der Waals surface area (Å²) in [7, 11) is 4.01. The van der Waals surface area contributed by atoms with E-state index in [2.05, 4.69) is 16.8 Å². The van der Waals surface area contributed by atoms with Gasteiger partial charge in [-0.2, -0.15) is 0 Å². The Labute approximate surface area is 74.3 Å². The van der Waals surface area contributed by atoms with E-state index in [-0.39, 0.29) is 0 Å². The van der Waals surface area contributed by atoms with Gasteiger partial charge in [0.05, 0.1) is 6.10 Å². The highest BCUT2D eigenvalue weighted by Gasteiger charge is 2.34. The van der Waals surface area contributed by atoms with Crippen LogP contribution in [-0.2, 0) is 4.74 Å². The van der Waals surface area contributed by atoms with Gasteiger partial charge in [0.2, 0.25) is 0 Å². The standard InChI is InChI=1S/C9H18N2O/c1-10-4-3-8(5-10)11-6-9(7-11)12-2/h8-9H,3-7H2,1-2H3/t8-/m1/s1. The summed E-state index contributed by atoms with van der Waals surface area (Å²) in [6.45, 7) is 4.80. The van der Waals surface area contributed by atoms with Crippen molar-refractivity contribution in [2.45, 2.75) is 18.6 Å². The van der Waals surface area contributed by atoms with Crippen LogP contribution in [0.25, 0.3) is 0 Å². The van der Waals surface area contributed by atoms with Crippen molar-refractivity contribution >= 4 is 0 Å². The minimum atomic E-state index is 0.510. The van der Waals surface area contributed by atoms with Crippen LogP contribution in [0.5, 0.6) is 0 Å². The molecule has 0 aromatic rings. The van der Waals surface area contributed by atoms with E-state index in [0.29, 0.717) is 6.10 Å². The van der Waals surface area contributed by atoms with Crippen LogP contribution in [0.15, 0.2) is 0 Å². The topological polar surface area (TPSA) is 15.7 Å². The van der Waals surface area contributed by atoms with Crippen molar-refractivity contribution in [1.82, 2.24) is 9.80 Å². The fourth-order valence-corrected chi connectivity index (χ4v) is 2.13. The van der Waals surface area contributed by atoms with Gasteiger partial charge in [0.25, 0.3) is 0 Å². The van der Waals surface area contributed by atoms with Crippen LogP contribution < -0.4 is 0 Å². The number of hydrogen-bond donors (Lipinski definition) is 0. The van der Waals surface area contributed by atoms with Crippen molar-refractivity contribution in [2.24, 2.45) is 0 Å². The third-order valence-electron chi connectivity index (χ3n) is 3.09. The van der Waals surface area contributed by atoms with Crippen molar-refractivity contribution in [1.29, 1.82) is 0 Å². The fourth-order valence-electron chi connectivity index (χ4n) is 2.13. The average Bonchev–Trinajstić information content (AvgIpc) is 2.34. The SMILES string of the molecule is COC1CN([C@@H]2CCN(C)C2)C1. The summed E-state index contributed by atoms with van der Waals surface area (Å²) in [5.74, 6) is 0. The van der Waals surface area contributed by atoms with E-state index in [1.165, 1.54) is 19.5 Å². The number of ether oxygens (including phenoxy) is 1. The Hall–Kier alpha value is -0.120. The molecule has 2 rings (SSSR count). The van der Waals surface area contributed by atoms with Crippen LogP contribution >= 0.6 is 0 Å². The Morgan fingerprint density at radius 1 is 1.25 bits per heavy atom. The molecule has 0 saturated carbocycles. The molecule has 2 aliphatic rings. The molecular formula is C9H18N2O. The van der Waals surface area contributed by atoms with Crippen molar-refractivity contribution in [3.8, 4) is 0 Å². The molecule has 0 bridgehead atoms. The number of likely N-dealkylation sites (tertiary alicyclic amines) is 2. The van der Waals surface area contributed by atoms with Crippen molar-refractivity contribution in [3.05, 3.63) is 0 Å². The van der Waals surface area contributed by atoms with Crippen LogP contribution in [0.3, 0.4) is 0 Å². The average molecular weight is 170 g/mol. The first-order chi connectivity index (χ1) is 5.79. The summed E-state index contributed by atoms with van der Waals surface area (Å²) in [6, 6.07) is 0.807. The molecule has 2 saturated heterocycles.